The van der Waals surface area contributed by atoms with Crippen molar-refractivity contribution in [2.45, 2.75) is 39.3 Å². The highest BCUT2D eigenvalue weighted by Crippen LogP contribution is 1.98. The Morgan fingerprint density at radius 3 is 2.43 bits per heavy atom. The minimum atomic E-state index is -1.06. The zero-order valence-corrected chi connectivity index (χ0v) is 13.3. The number of imide groups is 1. The molecule has 1 rings (SSSR count). The van der Waals surface area contributed by atoms with Crippen LogP contribution in [0.4, 0.5) is 10.7 Å². The van der Waals surface area contributed by atoms with Gasteiger partial charge in [0.15, 0.2) is 6.10 Å². The number of rotatable bonds is 7. The lowest BCUT2D eigenvalue weighted by molar-refractivity contribution is -0.154. The normalized spacial score (nSPS) is 11.5. The first kappa shape index (κ1) is 18.3. The van der Waals surface area contributed by atoms with Crippen molar-refractivity contribution >= 4 is 23.9 Å². The average molecular weight is 323 g/mol. The molecule has 0 aliphatic rings. The predicted octanol–water partition coefficient (Wildman–Crippen LogP) is 0.444. The molecule has 1 aromatic heterocycles. The minimum Gasteiger partial charge on any atom is -0.452 e. The molecule has 0 fully saturated rings. The standard InChI is InChI=1S/C14H21N5O4/c1-9(2)18-14(22)19-12(21)10(3)23-11(20)5-8-17-13-15-6-4-7-16-13/h4,6-7,9-10H,5,8H2,1-3H3,(H,15,16,17)(H2,18,19,21,22). The molecule has 3 N–H and O–H groups in total. The molecule has 1 unspecified atom stereocenters. The Labute approximate surface area is 134 Å². The monoisotopic (exact) mass is 323 g/mol. The molecule has 1 heterocycles. The van der Waals surface area contributed by atoms with Gasteiger partial charge in [-0.25, -0.2) is 14.8 Å². The third-order valence-electron chi connectivity index (χ3n) is 2.51. The number of carbonyl (C=O) groups excluding carboxylic acids is 3. The number of urea groups is 1. The molecular weight excluding hydrogens is 302 g/mol. The second kappa shape index (κ2) is 9.34. The molecule has 9 heteroatoms. The van der Waals surface area contributed by atoms with Gasteiger partial charge in [-0.05, 0) is 26.8 Å². The summed E-state index contributed by atoms with van der Waals surface area (Å²) in [5, 5.41) is 7.44. The van der Waals surface area contributed by atoms with Crippen molar-refractivity contribution in [3.63, 3.8) is 0 Å². The lowest BCUT2D eigenvalue weighted by atomic mass is 10.3. The van der Waals surface area contributed by atoms with E-state index in [1.54, 1.807) is 32.3 Å². The van der Waals surface area contributed by atoms with Gasteiger partial charge in [-0.1, -0.05) is 0 Å². The maximum Gasteiger partial charge on any atom is 0.321 e. The topological polar surface area (TPSA) is 122 Å². The Balaban J connectivity index is 2.27. The summed E-state index contributed by atoms with van der Waals surface area (Å²) >= 11 is 0. The van der Waals surface area contributed by atoms with Crippen molar-refractivity contribution in [3.05, 3.63) is 18.5 Å². The van der Waals surface area contributed by atoms with Crippen molar-refractivity contribution in [3.8, 4) is 0 Å². The molecule has 0 saturated carbocycles. The van der Waals surface area contributed by atoms with Crippen molar-refractivity contribution in [1.29, 1.82) is 0 Å². The highest BCUT2D eigenvalue weighted by Gasteiger charge is 2.19. The zero-order valence-electron chi connectivity index (χ0n) is 13.3. The summed E-state index contributed by atoms with van der Waals surface area (Å²) in [6, 6.07) is 0.942. The van der Waals surface area contributed by atoms with Gasteiger partial charge in [0.05, 0.1) is 6.42 Å². The molecule has 0 aromatic carbocycles. The Bertz CT molecular complexity index is 535. The number of amides is 3. The molecule has 0 spiro atoms. The van der Waals surface area contributed by atoms with E-state index in [9.17, 15) is 14.4 Å². The van der Waals surface area contributed by atoms with Crippen LogP contribution in [0, 0.1) is 0 Å². The number of aromatic nitrogens is 2. The van der Waals surface area contributed by atoms with Crippen LogP contribution < -0.4 is 16.0 Å². The smallest absolute Gasteiger partial charge is 0.321 e. The number of nitrogens with zero attached hydrogens (tertiary/aromatic N) is 2. The van der Waals surface area contributed by atoms with Crippen LogP contribution in [-0.4, -0.2) is 46.6 Å². The first-order chi connectivity index (χ1) is 10.9. The van der Waals surface area contributed by atoms with Crippen LogP contribution in [0.25, 0.3) is 0 Å². The molecule has 0 bridgehead atoms. The molecule has 0 aliphatic carbocycles. The number of nitrogens with one attached hydrogen (secondary N) is 3. The van der Waals surface area contributed by atoms with Crippen LogP contribution in [0.3, 0.4) is 0 Å². The summed E-state index contributed by atoms with van der Waals surface area (Å²) in [6.07, 6.45) is 2.12. The van der Waals surface area contributed by atoms with E-state index in [-0.39, 0.29) is 19.0 Å². The highest BCUT2D eigenvalue weighted by atomic mass is 16.5. The predicted molar refractivity (Wildman–Crippen MR) is 82.5 cm³/mol. The Morgan fingerprint density at radius 2 is 1.83 bits per heavy atom. The van der Waals surface area contributed by atoms with Gasteiger partial charge < -0.3 is 15.4 Å². The van der Waals surface area contributed by atoms with E-state index < -0.39 is 24.0 Å². The average Bonchev–Trinajstić information content (AvgIpc) is 2.47. The molecule has 0 saturated heterocycles. The lowest BCUT2D eigenvalue weighted by Crippen LogP contribution is -2.46. The maximum absolute atomic E-state index is 11.7. The van der Waals surface area contributed by atoms with Crippen LogP contribution in [-0.2, 0) is 14.3 Å². The first-order valence-electron chi connectivity index (χ1n) is 7.20. The second-order valence-corrected chi connectivity index (χ2v) is 5.00. The second-order valence-electron chi connectivity index (χ2n) is 5.00. The van der Waals surface area contributed by atoms with Gasteiger partial charge >= 0.3 is 12.0 Å². The Kier molecular flexibility index (Phi) is 7.44. The van der Waals surface area contributed by atoms with Gasteiger partial charge in [-0.3, -0.25) is 14.9 Å². The largest absolute Gasteiger partial charge is 0.452 e. The molecular formula is C14H21N5O4. The van der Waals surface area contributed by atoms with Crippen LogP contribution in [0.15, 0.2) is 18.5 Å². The van der Waals surface area contributed by atoms with E-state index in [4.69, 9.17) is 4.74 Å². The Hall–Kier alpha value is -2.71. The molecule has 126 valence electrons. The fraction of sp³-hybridized carbons (Fsp3) is 0.500. The highest BCUT2D eigenvalue weighted by molar-refractivity contribution is 5.97. The lowest BCUT2D eigenvalue weighted by Gasteiger charge is -2.14. The summed E-state index contributed by atoms with van der Waals surface area (Å²) < 4.78 is 4.94. The first-order valence-corrected chi connectivity index (χ1v) is 7.20. The van der Waals surface area contributed by atoms with Crippen molar-refractivity contribution in [1.82, 2.24) is 20.6 Å². The molecule has 3 amide bonds. The molecule has 1 atom stereocenters. The summed E-state index contributed by atoms with van der Waals surface area (Å²) in [6.45, 7) is 5.18. The number of hydrogen-bond donors (Lipinski definition) is 3. The van der Waals surface area contributed by atoms with Gasteiger partial charge in [-0.15, -0.1) is 0 Å². The van der Waals surface area contributed by atoms with Gasteiger partial charge in [0.2, 0.25) is 5.95 Å². The third-order valence-corrected chi connectivity index (χ3v) is 2.51. The van der Waals surface area contributed by atoms with E-state index in [2.05, 4.69) is 25.9 Å². The van der Waals surface area contributed by atoms with Crippen LogP contribution >= 0.6 is 0 Å². The fourth-order valence-corrected chi connectivity index (χ4v) is 1.49. The van der Waals surface area contributed by atoms with E-state index in [1.165, 1.54) is 6.92 Å². The van der Waals surface area contributed by atoms with E-state index in [0.29, 0.717) is 5.95 Å². The number of ether oxygens (including phenoxy) is 1. The van der Waals surface area contributed by atoms with Crippen molar-refractivity contribution in [2.24, 2.45) is 0 Å². The van der Waals surface area contributed by atoms with Gasteiger partial charge in [0.25, 0.3) is 5.91 Å². The van der Waals surface area contributed by atoms with Gasteiger partial charge in [-0.2, -0.15) is 0 Å². The minimum absolute atomic E-state index is 0.0358. The molecule has 9 nitrogen and oxygen atoms in total. The molecule has 23 heavy (non-hydrogen) atoms. The van der Waals surface area contributed by atoms with Gasteiger partial charge in [0, 0.05) is 25.0 Å². The Morgan fingerprint density at radius 1 is 1.17 bits per heavy atom. The quantitative estimate of drug-likeness (QED) is 0.622. The maximum atomic E-state index is 11.7. The van der Waals surface area contributed by atoms with E-state index in [0.717, 1.165) is 0 Å². The number of carbonyl (C=O) groups is 3. The number of hydrogen-bond acceptors (Lipinski definition) is 7. The summed E-state index contributed by atoms with van der Waals surface area (Å²) in [4.78, 5) is 42.6. The molecule has 0 radical (unpaired) electrons. The van der Waals surface area contributed by atoms with Crippen molar-refractivity contribution < 1.29 is 19.1 Å². The van der Waals surface area contributed by atoms with Crippen molar-refractivity contribution in [2.75, 3.05) is 11.9 Å². The molecule has 0 aliphatic heterocycles. The van der Waals surface area contributed by atoms with E-state index in [1.807, 2.05) is 0 Å². The zero-order chi connectivity index (χ0) is 17.2. The van der Waals surface area contributed by atoms with Crippen LogP contribution in [0.5, 0.6) is 0 Å². The SMILES string of the molecule is CC(C)NC(=O)NC(=O)C(C)OC(=O)CCNc1ncccn1. The number of esters is 1. The van der Waals surface area contributed by atoms with Crippen LogP contribution in [0.2, 0.25) is 0 Å². The van der Waals surface area contributed by atoms with Gasteiger partial charge in [0.1, 0.15) is 0 Å². The summed E-state index contributed by atoms with van der Waals surface area (Å²) in [5.41, 5.74) is 0. The van der Waals surface area contributed by atoms with Crippen LogP contribution in [0.1, 0.15) is 27.2 Å². The molecule has 1 aromatic rings. The fourth-order valence-electron chi connectivity index (χ4n) is 1.49. The summed E-state index contributed by atoms with van der Waals surface area (Å²) in [7, 11) is 0. The van der Waals surface area contributed by atoms with E-state index >= 15 is 0 Å². The number of anilines is 1. The summed E-state index contributed by atoms with van der Waals surface area (Å²) in [5.74, 6) is -0.854. The third kappa shape index (κ3) is 7.74.